The van der Waals surface area contributed by atoms with Gasteiger partial charge in [0, 0.05) is 16.2 Å². The minimum absolute atomic E-state index is 0.131. The molecule has 4 nitrogen and oxygen atoms in total. The predicted octanol–water partition coefficient (Wildman–Crippen LogP) is 2.26. The van der Waals surface area contributed by atoms with Crippen molar-refractivity contribution in [1.29, 1.82) is 0 Å². The minimum atomic E-state index is 0.131. The summed E-state index contributed by atoms with van der Waals surface area (Å²) in [6.07, 6.45) is 0. The predicted molar refractivity (Wildman–Crippen MR) is 174 cm³/mol. The Morgan fingerprint density at radius 3 is 1.93 bits per heavy atom. The van der Waals surface area contributed by atoms with E-state index in [0.29, 0.717) is 33.9 Å². The first-order valence-corrected chi connectivity index (χ1v) is 13.1. The number of fused-ring (bicyclic) bond motifs is 7. The first-order valence-electron chi connectivity index (χ1n) is 13.1. The van der Waals surface area contributed by atoms with Gasteiger partial charge in [0.05, 0.1) is 11.0 Å². The highest BCUT2D eigenvalue weighted by atomic mass is 16.3. The van der Waals surface area contributed by atoms with Gasteiger partial charge in [0.25, 0.3) is 0 Å². The molecular formula is C32H14B5N3O. The molecule has 41 heavy (non-hydrogen) atoms. The van der Waals surface area contributed by atoms with Crippen LogP contribution in [-0.2, 0) is 0 Å². The Hall–Kier alpha value is -4.64. The van der Waals surface area contributed by atoms with Gasteiger partial charge >= 0.3 is 0 Å². The standard InChI is InChI=1S/C32H14B5N3O/c33-24-23(25(34)27(36)28(37)26(24)35)30-31(38-29-18-10-4-6-12-22(18)41-32(29)39-30)40-20-11-5-3-9-17(20)19-13-15-7-1-2-8-16(15)14-21(19)40/h1-14H. The van der Waals surface area contributed by atoms with Crippen LogP contribution >= 0.6 is 0 Å². The summed E-state index contributed by atoms with van der Waals surface area (Å²) in [5, 5.41) is 5.20. The molecule has 0 aliphatic heterocycles. The zero-order valence-electron chi connectivity index (χ0n) is 21.7. The lowest BCUT2D eigenvalue weighted by Crippen LogP contribution is -2.55. The molecule has 0 fully saturated rings. The second-order valence-electron chi connectivity index (χ2n) is 10.2. The van der Waals surface area contributed by atoms with Crippen LogP contribution in [0.5, 0.6) is 0 Å². The van der Waals surface area contributed by atoms with Gasteiger partial charge in [0.1, 0.15) is 56.0 Å². The summed E-state index contributed by atoms with van der Waals surface area (Å²) in [5.74, 6) is 0.507. The van der Waals surface area contributed by atoms with E-state index in [2.05, 4.69) is 41.0 Å². The summed E-state index contributed by atoms with van der Waals surface area (Å²) in [7, 11) is 31.9. The van der Waals surface area contributed by atoms with Gasteiger partial charge in [-0.05, 0) is 46.7 Å². The molecular weight excluding hydrogens is 496 g/mol. The Bertz CT molecular complexity index is 2360. The van der Waals surface area contributed by atoms with Crippen LogP contribution in [0.25, 0.3) is 71.9 Å². The minimum Gasteiger partial charge on any atom is -0.436 e. The molecule has 3 aromatic heterocycles. The summed E-state index contributed by atoms with van der Waals surface area (Å²) < 4.78 is 8.22. The summed E-state index contributed by atoms with van der Waals surface area (Å²) in [6.45, 7) is 0. The molecule has 0 bridgehead atoms. The summed E-state index contributed by atoms with van der Waals surface area (Å²) >= 11 is 0. The Morgan fingerprint density at radius 2 is 1.17 bits per heavy atom. The fourth-order valence-corrected chi connectivity index (χ4v) is 5.82. The third-order valence-corrected chi connectivity index (χ3v) is 7.88. The third-order valence-electron chi connectivity index (χ3n) is 7.88. The fraction of sp³-hybridized carbons (Fsp3) is 0. The highest BCUT2D eigenvalue weighted by Crippen LogP contribution is 2.38. The number of rotatable bonds is 2. The summed E-state index contributed by atoms with van der Waals surface area (Å²) in [5.41, 5.74) is 4.97. The van der Waals surface area contributed by atoms with Crippen molar-refractivity contribution in [2.24, 2.45) is 0 Å². The van der Waals surface area contributed by atoms with Crippen molar-refractivity contribution in [3.8, 4) is 17.1 Å². The maximum atomic E-state index is 6.58. The van der Waals surface area contributed by atoms with Crippen LogP contribution in [0.3, 0.4) is 0 Å². The number of hydrogen-bond acceptors (Lipinski definition) is 3. The molecule has 0 N–H and O–H groups in total. The van der Waals surface area contributed by atoms with E-state index >= 15 is 0 Å². The Balaban J connectivity index is 1.60. The van der Waals surface area contributed by atoms with E-state index in [1.165, 1.54) is 0 Å². The van der Waals surface area contributed by atoms with Gasteiger partial charge in [-0.2, -0.15) is 0 Å². The van der Waals surface area contributed by atoms with Crippen LogP contribution in [0.1, 0.15) is 0 Å². The summed E-state index contributed by atoms with van der Waals surface area (Å²) in [4.78, 5) is 10.2. The van der Waals surface area contributed by atoms with Gasteiger partial charge in [-0.25, -0.2) is 9.97 Å². The Labute approximate surface area is 241 Å². The van der Waals surface area contributed by atoms with Crippen LogP contribution in [-0.4, -0.2) is 53.8 Å². The van der Waals surface area contributed by atoms with Gasteiger partial charge in [-0.3, -0.25) is 4.57 Å². The molecule has 5 aromatic carbocycles. The van der Waals surface area contributed by atoms with Crippen LogP contribution in [0.15, 0.2) is 89.3 Å². The molecule has 8 aromatic rings. The lowest BCUT2D eigenvalue weighted by molar-refractivity contribution is 0.653. The molecule has 0 saturated heterocycles. The largest absolute Gasteiger partial charge is 0.436 e. The zero-order valence-corrected chi connectivity index (χ0v) is 21.7. The average molecular weight is 511 g/mol. The fourth-order valence-electron chi connectivity index (χ4n) is 5.82. The zero-order chi connectivity index (χ0) is 28.0. The average Bonchev–Trinajstić information content (AvgIpc) is 3.52. The molecule has 0 amide bonds. The van der Waals surface area contributed by atoms with E-state index in [-0.39, 0.29) is 27.3 Å². The van der Waals surface area contributed by atoms with Gasteiger partial charge in [0.2, 0.25) is 5.71 Å². The molecule has 8 rings (SSSR count). The normalized spacial score (nSPS) is 11.9. The number of benzene rings is 5. The van der Waals surface area contributed by atoms with Crippen LogP contribution in [0.2, 0.25) is 0 Å². The summed E-state index contributed by atoms with van der Waals surface area (Å²) in [6, 6.07) is 28.5. The molecule has 0 saturated carbocycles. The van der Waals surface area contributed by atoms with Crippen molar-refractivity contribution in [2.45, 2.75) is 0 Å². The Kier molecular flexibility index (Phi) is 5.12. The third kappa shape index (κ3) is 3.35. The number of furan rings is 1. The van der Waals surface area contributed by atoms with Gasteiger partial charge in [0.15, 0.2) is 5.82 Å². The molecule has 9 heteroatoms. The maximum Gasteiger partial charge on any atom is 0.247 e. The second-order valence-corrected chi connectivity index (χ2v) is 10.2. The second kappa shape index (κ2) is 8.68. The molecule has 0 aliphatic rings. The lowest BCUT2D eigenvalue weighted by Gasteiger charge is -2.22. The number of hydrogen-bond donors (Lipinski definition) is 0. The quantitative estimate of drug-likeness (QED) is 0.335. The van der Waals surface area contributed by atoms with E-state index in [1.54, 1.807) is 0 Å². The molecule has 0 unspecified atom stereocenters. The van der Waals surface area contributed by atoms with Crippen molar-refractivity contribution >= 4 is 121 Å². The van der Waals surface area contributed by atoms with E-state index in [9.17, 15) is 0 Å². The number of para-hydroxylation sites is 2. The molecule has 0 atom stereocenters. The first kappa shape index (κ1) is 24.2. The highest BCUT2D eigenvalue weighted by Gasteiger charge is 2.24. The van der Waals surface area contributed by atoms with Crippen molar-refractivity contribution in [2.75, 3.05) is 0 Å². The molecule has 178 valence electrons. The topological polar surface area (TPSA) is 43.9 Å². The molecule has 10 radical (unpaired) electrons. The molecule has 0 spiro atoms. The van der Waals surface area contributed by atoms with Crippen molar-refractivity contribution < 1.29 is 4.42 Å². The molecule has 3 heterocycles. The van der Waals surface area contributed by atoms with Gasteiger partial charge in [-0.15, -0.1) is 16.4 Å². The van der Waals surface area contributed by atoms with Crippen LogP contribution in [0.4, 0.5) is 0 Å². The van der Waals surface area contributed by atoms with Crippen LogP contribution in [0, 0.1) is 0 Å². The van der Waals surface area contributed by atoms with E-state index in [0.717, 1.165) is 38.0 Å². The van der Waals surface area contributed by atoms with E-state index in [1.807, 2.05) is 48.5 Å². The number of aromatic nitrogens is 3. The van der Waals surface area contributed by atoms with E-state index in [4.69, 9.17) is 53.6 Å². The molecule has 0 aliphatic carbocycles. The van der Waals surface area contributed by atoms with Crippen molar-refractivity contribution in [3.63, 3.8) is 0 Å². The van der Waals surface area contributed by atoms with Gasteiger partial charge in [-0.1, -0.05) is 65.5 Å². The monoisotopic (exact) mass is 511 g/mol. The first-order chi connectivity index (χ1) is 19.9. The van der Waals surface area contributed by atoms with E-state index < -0.39 is 0 Å². The Morgan fingerprint density at radius 1 is 0.561 bits per heavy atom. The number of nitrogens with zero attached hydrogens (tertiary/aromatic N) is 3. The SMILES string of the molecule is [B]c1c([B])c([B])c(-c2nc3oc4ccccc4c3nc2-n2c3ccccc3c3cc4ccccc4cc32)c([B])c1[B]. The highest BCUT2D eigenvalue weighted by molar-refractivity contribution is 6.68. The van der Waals surface area contributed by atoms with Crippen molar-refractivity contribution in [3.05, 3.63) is 84.9 Å². The van der Waals surface area contributed by atoms with Gasteiger partial charge < -0.3 is 4.42 Å². The van der Waals surface area contributed by atoms with Crippen molar-refractivity contribution in [1.82, 2.24) is 14.5 Å². The maximum absolute atomic E-state index is 6.58. The lowest BCUT2D eigenvalue weighted by atomic mass is 9.60. The van der Waals surface area contributed by atoms with Crippen LogP contribution < -0.4 is 27.3 Å². The smallest absolute Gasteiger partial charge is 0.247 e.